The number of rotatable bonds is 3. The fourth-order valence-corrected chi connectivity index (χ4v) is 5.61. The third-order valence-corrected chi connectivity index (χ3v) is 7.48. The van der Waals surface area contributed by atoms with E-state index in [2.05, 4.69) is 23.8 Å². The molecule has 33 heavy (non-hydrogen) atoms. The molecule has 5 rings (SSSR count). The minimum atomic E-state index is -0.676. The number of carbonyl (C=O) groups is 1. The Hall–Kier alpha value is -2.52. The lowest BCUT2D eigenvalue weighted by Crippen LogP contribution is -2.43. The number of hydrogen-bond acceptors (Lipinski definition) is 4. The highest BCUT2D eigenvalue weighted by Gasteiger charge is 2.39. The van der Waals surface area contributed by atoms with Crippen LogP contribution in [0.25, 0.3) is 0 Å². The van der Waals surface area contributed by atoms with Gasteiger partial charge in [0.05, 0.1) is 5.02 Å². The average molecular weight is 465 g/mol. The molecule has 2 unspecified atom stereocenters. The Morgan fingerprint density at radius 2 is 1.91 bits per heavy atom. The first-order valence-electron chi connectivity index (χ1n) is 11.7. The van der Waals surface area contributed by atoms with Gasteiger partial charge in [0.2, 0.25) is 0 Å². The number of nitrogens with zero attached hydrogens (tertiary/aromatic N) is 2. The Labute approximate surface area is 200 Å². The molecule has 0 aliphatic carbocycles. The van der Waals surface area contributed by atoms with Gasteiger partial charge in [0, 0.05) is 35.4 Å². The summed E-state index contributed by atoms with van der Waals surface area (Å²) in [6.07, 6.45) is 4.83. The molecule has 5 nitrogen and oxygen atoms in total. The quantitative estimate of drug-likeness (QED) is 0.689. The summed E-state index contributed by atoms with van der Waals surface area (Å²) in [5.74, 6) is 6.35. The topological polar surface area (TPSA) is 53.0 Å². The Balaban J connectivity index is 1.30. The van der Waals surface area contributed by atoms with E-state index in [1.54, 1.807) is 11.8 Å². The van der Waals surface area contributed by atoms with Crippen molar-refractivity contribution in [3.63, 3.8) is 0 Å². The predicted octanol–water partition coefficient (Wildman–Crippen LogP) is 4.28. The second kappa shape index (κ2) is 9.02. The zero-order valence-electron chi connectivity index (χ0n) is 19.1. The molecule has 3 aliphatic heterocycles. The number of amides is 1. The largest absolute Gasteiger partial charge is 0.489 e. The highest BCUT2D eigenvalue weighted by atomic mass is 35.5. The number of halogens is 1. The van der Waals surface area contributed by atoms with E-state index in [-0.39, 0.29) is 12.0 Å². The molecule has 1 amide bonds. The minimum Gasteiger partial charge on any atom is -0.489 e. The number of carbonyl (C=O) groups excluding carboxylic acids is 1. The van der Waals surface area contributed by atoms with Crippen molar-refractivity contribution in [3.05, 3.63) is 58.1 Å². The third-order valence-electron chi connectivity index (χ3n) is 7.19. The molecule has 2 saturated heterocycles. The highest BCUT2D eigenvalue weighted by molar-refractivity contribution is 6.32. The van der Waals surface area contributed by atoms with Crippen LogP contribution in [-0.2, 0) is 6.42 Å². The van der Waals surface area contributed by atoms with E-state index in [0.717, 1.165) is 36.1 Å². The summed E-state index contributed by atoms with van der Waals surface area (Å²) in [6, 6.07) is 12.5. The van der Waals surface area contributed by atoms with Crippen LogP contribution in [0.1, 0.15) is 54.1 Å². The molecule has 2 aromatic rings. The number of anilines is 1. The fraction of sp³-hybridized carbons (Fsp3) is 0.444. The molecule has 0 aromatic heterocycles. The number of fused-ring (bicyclic) bond motifs is 3. The van der Waals surface area contributed by atoms with E-state index in [1.165, 1.54) is 12.8 Å². The lowest BCUT2D eigenvalue weighted by Gasteiger charge is -2.36. The minimum absolute atomic E-state index is 0.0390. The molecule has 3 heterocycles. The summed E-state index contributed by atoms with van der Waals surface area (Å²) in [5.41, 5.74) is 3.26. The number of aliphatic hydroxyl groups excluding tert-OH is 1. The maximum atomic E-state index is 13.2. The molecule has 2 aromatic carbocycles. The van der Waals surface area contributed by atoms with Gasteiger partial charge in [-0.15, -0.1) is 0 Å². The van der Waals surface area contributed by atoms with Crippen molar-refractivity contribution in [3.8, 4) is 17.6 Å². The van der Waals surface area contributed by atoms with E-state index in [4.69, 9.17) is 16.3 Å². The Morgan fingerprint density at radius 1 is 1.15 bits per heavy atom. The van der Waals surface area contributed by atoms with Crippen LogP contribution in [0.4, 0.5) is 5.69 Å². The second-order valence-corrected chi connectivity index (χ2v) is 9.81. The molecule has 3 aliphatic rings. The van der Waals surface area contributed by atoms with Gasteiger partial charge in [-0.1, -0.05) is 23.4 Å². The van der Waals surface area contributed by atoms with Crippen molar-refractivity contribution >= 4 is 23.2 Å². The van der Waals surface area contributed by atoms with E-state index >= 15 is 0 Å². The van der Waals surface area contributed by atoms with Gasteiger partial charge in [-0.05, 0) is 88.0 Å². The number of benzene rings is 2. The third kappa shape index (κ3) is 4.48. The van der Waals surface area contributed by atoms with Crippen LogP contribution in [0.2, 0.25) is 5.02 Å². The summed E-state index contributed by atoms with van der Waals surface area (Å²) in [7, 11) is 2.22. The molecule has 1 N–H and O–H groups in total. The monoisotopic (exact) mass is 464 g/mol. The van der Waals surface area contributed by atoms with Crippen LogP contribution in [-0.4, -0.2) is 53.8 Å². The van der Waals surface area contributed by atoms with Gasteiger partial charge in [0.25, 0.3) is 5.91 Å². The summed E-state index contributed by atoms with van der Waals surface area (Å²) < 4.78 is 6.30. The highest BCUT2D eigenvalue weighted by Crippen LogP contribution is 2.38. The number of aliphatic hydroxyl groups is 1. The van der Waals surface area contributed by atoms with E-state index in [0.29, 0.717) is 35.0 Å². The van der Waals surface area contributed by atoms with E-state index in [9.17, 15) is 9.90 Å². The zero-order chi connectivity index (χ0) is 23.1. The Morgan fingerprint density at radius 3 is 2.61 bits per heavy atom. The maximum Gasteiger partial charge on any atom is 0.258 e. The molecular weight excluding hydrogens is 436 g/mol. The second-order valence-electron chi connectivity index (χ2n) is 9.40. The van der Waals surface area contributed by atoms with Crippen molar-refractivity contribution in [1.82, 2.24) is 4.90 Å². The number of ether oxygens (including phenoxy) is 1. The summed E-state index contributed by atoms with van der Waals surface area (Å²) in [5, 5.41) is 9.91. The van der Waals surface area contributed by atoms with Crippen molar-refractivity contribution in [2.45, 2.75) is 63.3 Å². The maximum absolute atomic E-state index is 13.2. The van der Waals surface area contributed by atoms with Crippen LogP contribution in [0.5, 0.6) is 5.75 Å². The first-order valence-corrected chi connectivity index (χ1v) is 12.1. The first kappa shape index (κ1) is 22.3. The Kier molecular flexibility index (Phi) is 6.09. The van der Waals surface area contributed by atoms with Gasteiger partial charge in [0.15, 0.2) is 0 Å². The molecule has 172 valence electrons. The molecule has 0 spiro atoms. The fourth-order valence-electron chi connectivity index (χ4n) is 5.39. The van der Waals surface area contributed by atoms with Crippen molar-refractivity contribution in [2.24, 2.45) is 0 Å². The van der Waals surface area contributed by atoms with Crippen LogP contribution in [0, 0.1) is 11.8 Å². The Bertz CT molecular complexity index is 1120. The first-order chi connectivity index (χ1) is 15.9. The molecule has 0 saturated carbocycles. The van der Waals surface area contributed by atoms with Gasteiger partial charge >= 0.3 is 0 Å². The van der Waals surface area contributed by atoms with Crippen LogP contribution < -0.4 is 9.64 Å². The lowest BCUT2D eigenvalue weighted by molar-refractivity contribution is 0.0662. The van der Waals surface area contributed by atoms with Gasteiger partial charge < -0.3 is 19.6 Å². The lowest BCUT2D eigenvalue weighted by atomic mass is 9.96. The molecule has 4 atom stereocenters. The smallest absolute Gasteiger partial charge is 0.258 e. The van der Waals surface area contributed by atoms with Gasteiger partial charge in [0.1, 0.15) is 18.0 Å². The summed E-state index contributed by atoms with van der Waals surface area (Å²) >= 11 is 6.60. The molecule has 0 radical (unpaired) electrons. The van der Waals surface area contributed by atoms with Crippen LogP contribution in [0.15, 0.2) is 36.4 Å². The molecule has 6 heteroatoms. The van der Waals surface area contributed by atoms with E-state index < -0.39 is 6.10 Å². The number of piperidine rings is 1. The van der Waals surface area contributed by atoms with Gasteiger partial charge in [-0.25, -0.2) is 0 Å². The van der Waals surface area contributed by atoms with Crippen LogP contribution >= 0.6 is 11.6 Å². The molecular formula is C27H29ClN2O3. The number of hydrogen-bond donors (Lipinski definition) is 1. The van der Waals surface area contributed by atoms with Crippen molar-refractivity contribution < 1.29 is 14.6 Å². The normalized spacial score (nSPS) is 25.3. The van der Waals surface area contributed by atoms with Crippen molar-refractivity contribution in [2.75, 3.05) is 18.5 Å². The summed E-state index contributed by atoms with van der Waals surface area (Å²) in [4.78, 5) is 17.5. The SMILES string of the molecule is CC(O)C#Cc1ccc2c(c1)CCN(c1ccc(OC3C[C@H]4CC[C@@H](C3)N4C)c(Cl)c1)C2=O. The average Bonchev–Trinajstić information content (AvgIpc) is 2.99. The predicted molar refractivity (Wildman–Crippen MR) is 130 cm³/mol. The van der Waals surface area contributed by atoms with Crippen LogP contribution in [0.3, 0.4) is 0 Å². The van der Waals surface area contributed by atoms with Gasteiger partial charge in [-0.3, -0.25) is 4.79 Å². The standard InChI is InChI=1S/C27H29ClN2O3/c1-17(31)3-4-18-5-9-24-19(13-18)11-12-30(27(24)32)22-8-10-26(25(28)16-22)33-23-14-20-6-7-21(15-23)29(20)2/h5,8-10,13,16-17,20-21,23,31H,6-7,11-12,14-15H2,1-2H3/t17?,20-,21+,23?. The van der Waals surface area contributed by atoms with Crippen molar-refractivity contribution in [1.29, 1.82) is 0 Å². The zero-order valence-corrected chi connectivity index (χ0v) is 19.8. The summed E-state index contributed by atoms with van der Waals surface area (Å²) in [6.45, 7) is 2.21. The molecule has 2 bridgehead atoms. The van der Waals surface area contributed by atoms with E-state index in [1.807, 2.05) is 36.4 Å². The van der Waals surface area contributed by atoms with Gasteiger partial charge in [-0.2, -0.15) is 0 Å². The molecule has 2 fully saturated rings.